The standard InChI is InChI=1S/C10H13ClN2/c11-8-4-5-9-12-13-10-6-2-1-3-7-10/h1-3,6-7,9,13H,4-5,8H2/b12-9+. The molecule has 0 atom stereocenters. The lowest BCUT2D eigenvalue weighted by Crippen LogP contribution is -1.88. The van der Waals surface area contributed by atoms with Gasteiger partial charge in [0.05, 0.1) is 5.69 Å². The predicted molar refractivity (Wildman–Crippen MR) is 58.5 cm³/mol. The lowest BCUT2D eigenvalue weighted by Gasteiger charge is -1.97. The molecule has 0 saturated carbocycles. The van der Waals surface area contributed by atoms with E-state index in [-0.39, 0.29) is 0 Å². The second-order valence-electron chi connectivity index (χ2n) is 2.62. The van der Waals surface area contributed by atoms with Crippen molar-refractivity contribution in [2.24, 2.45) is 5.10 Å². The Morgan fingerprint density at radius 2 is 2.08 bits per heavy atom. The van der Waals surface area contributed by atoms with Crippen molar-refractivity contribution in [3.8, 4) is 0 Å². The van der Waals surface area contributed by atoms with Gasteiger partial charge in [0.25, 0.3) is 0 Å². The molecule has 13 heavy (non-hydrogen) atoms. The summed E-state index contributed by atoms with van der Waals surface area (Å²) in [4.78, 5) is 0. The summed E-state index contributed by atoms with van der Waals surface area (Å²) in [6, 6.07) is 9.85. The van der Waals surface area contributed by atoms with Crippen LogP contribution in [0.25, 0.3) is 0 Å². The fourth-order valence-corrected chi connectivity index (χ4v) is 1.02. The molecule has 1 aromatic rings. The molecule has 70 valence electrons. The minimum Gasteiger partial charge on any atom is -0.279 e. The van der Waals surface area contributed by atoms with Crippen molar-refractivity contribution >= 4 is 23.5 Å². The van der Waals surface area contributed by atoms with E-state index in [1.807, 2.05) is 36.5 Å². The van der Waals surface area contributed by atoms with E-state index in [2.05, 4.69) is 10.5 Å². The van der Waals surface area contributed by atoms with Gasteiger partial charge in [0.2, 0.25) is 0 Å². The van der Waals surface area contributed by atoms with Crippen molar-refractivity contribution in [1.82, 2.24) is 0 Å². The molecule has 0 bridgehead atoms. The molecular formula is C10H13ClN2. The lowest BCUT2D eigenvalue weighted by molar-refractivity contribution is 1.01. The highest BCUT2D eigenvalue weighted by Gasteiger charge is 1.83. The van der Waals surface area contributed by atoms with Crippen molar-refractivity contribution in [1.29, 1.82) is 0 Å². The summed E-state index contributed by atoms with van der Waals surface area (Å²) in [7, 11) is 0. The van der Waals surface area contributed by atoms with Crippen molar-refractivity contribution in [3.05, 3.63) is 30.3 Å². The van der Waals surface area contributed by atoms with Crippen LogP contribution in [0.15, 0.2) is 35.4 Å². The summed E-state index contributed by atoms with van der Waals surface area (Å²) in [5.74, 6) is 0.692. The number of hydrogen-bond acceptors (Lipinski definition) is 2. The Bertz CT molecular complexity index is 246. The van der Waals surface area contributed by atoms with Crippen LogP contribution in [-0.2, 0) is 0 Å². The van der Waals surface area contributed by atoms with E-state index < -0.39 is 0 Å². The highest BCUT2D eigenvalue weighted by atomic mass is 35.5. The second-order valence-corrected chi connectivity index (χ2v) is 3.00. The molecule has 1 rings (SSSR count). The van der Waals surface area contributed by atoms with Crippen LogP contribution in [0.1, 0.15) is 12.8 Å². The molecule has 1 aromatic carbocycles. The van der Waals surface area contributed by atoms with Gasteiger partial charge in [-0.1, -0.05) is 18.2 Å². The minimum absolute atomic E-state index is 0.692. The molecule has 0 amide bonds. The second kappa shape index (κ2) is 6.49. The van der Waals surface area contributed by atoms with Gasteiger partial charge < -0.3 is 0 Å². The maximum absolute atomic E-state index is 5.52. The molecule has 0 heterocycles. The van der Waals surface area contributed by atoms with Gasteiger partial charge in [-0.2, -0.15) is 5.10 Å². The Balaban J connectivity index is 2.23. The summed E-state index contributed by atoms with van der Waals surface area (Å²) in [6.45, 7) is 0. The number of anilines is 1. The number of halogens is 1. The van der Waals surface area contributed by atoms with Crippen LogP contribution in [0, 0.1) is 0 Å². The van der Waals surface area contributed by atoms with E-state index in [0.717, 1.165) is 18.5 Å². The highest BCUT2D eigenvalue weighted by molar-refractivity contribution is 6.17. The number of para-hydroxylation sites is 1. The first-order chi connectivity index (χ1) is 6.43. The summed E-state index contributed by atoms with van der Waals surface area (Å²) in [5.41, 5.74) is 3.93. The zero-order valence-electron chi connectivity index (χ0n) is 7.41. The quantitative estimate of drug-likeness (QED) is 0.333. The zero-order valence-corrected chi connectivity index (χ0v) is 8.17. The molecule has 0 spiro atoms. The fraction of sp³-hybridized carbons (Fsp3) is 0.300. The maximum atomic E-state index is 5.52. The Morgan fingerprint density at radius 3 is 2.77 bits per heavy atom. The number of benzene rings is 1. The van der Waals surface area contributed by atoms with Crippen LogP contribution in [0.5, 0.6) is 0 Å². The average molecular weight is 197 g/mol. The number of nitrogens with one attached hydrogen (secondary N) is 1. The maximum Gasteiger partial charge on any atom is 0.0561 e. The Kier molecular flexibility index (Phi) is 5.02. The smallest absolute Gasteiger partial charge is 0.0561 e. The van der Waals surface area contributed by atoms with Crippen LogP contribution in [0.2, 0.25) is 0 Å². The first-order valence-corrected chi connectivity index (χ1v) is 4.85. The van der Waals surface area contributed by atoms with Crippen LogP contribution < -0.4 is 5.43 Å². The molecule has 0 aliphatic rings. The number of nitrogens with zero attached hydrogens (tertiary/aromatic N) is 1. The normalized spacial score (nSPS) is 10.5. The lowest BCUT2D eigenvalue weighted by atomic mass is 10.3. The molecule has 1 N–H and O–H groups in total. The third kappa shape index (κ3) is 4.53. The van der Waals surface area contributed by atoms with Crippen LogP contribution in [0.4, 0.5) is 5.69 Å². The van der Waals surface area contributed by atoms with Gasteiger partial charge in [-0.15, -0.1) is 11.6 Å². The van der Waals surface area contributed by atoms with Crippen molar-refractivity contribution < 1.29 is 0 Å². The van der Waals surface area contributed by atoms with E-state index in [9.17, 15) is 0 Å². The minimum atomic E-state index is 0.692. The monoisotopic (exact) mass is 196 g/mol. The van der Waals surface area contributed by atoms with Crippen LogP contribution in [0.3, 0.4) is 0 Å². The van der Waals surface area contributed by atoms with Gasteiger partial charge in [0, 0.05) is 12.1 Å². The molecule has 3 heteroatoms. The summed E-state index contributed by atoms with van der Waals surface area (Å²) < 4.78 is 0. The molecule has 0 aliphatic carbocycles. The Hall–Kier alpha value is -1.02. The average Bonchev–Trinajstić information content (AvgIpc) is 2.19. The predicted octanol–water partition coefficient (Wildman–Crippen LogP) is 3.10. The molecule has 0 unspecified atom stereocenters. The van der Waals surface area contributed by atoms with Crippen molar-refractivity contribution in [2.45, 2.75) is 12.8 Å². The zero-order chi connectivity index (χ0) is 9.36. The largest absolute Gasteiger partial charge is 0.279 e. The molecule has 0 aromatic heterocycles. The van der Waals surface area contributed by atoms with Gasteiger partial charge >= 0.3 is 0 Å². The summed E-state index contributed by atoms with van der Waals surface area (Å²) in [5, 5.41) is 4.05. The van der Waals surface area contributed by atoms with Gasteiger partial charge in [-0.05, 0) is 25.0 Å². The molecular weight excluding hydrogens is 184 g/mol. The highest BCUT2D eigenvalue weighted by Crippen LogP contribution is 2.03. The van der Waals surface area contributed by atoms with E-state index in [4.69, 9.17) is 11.6 Å². The van der Waals surface area contributed by atoms with Gasteiger partial charge in [0.15, 0.2) is 0 Å². The number of unbranched alkanes of at least 4 members (excludes halogenated alkanes) is 1. The van der Waals surface area contributed by atoms with Gasteiger partial charge in [-0.25, -0.2) is 0 Å². The molecule has 0 radical (unpaired) electrons. The van der Waals surface area contributed by atoms with E-state index in [0.29, 0.717) is 5.88 Å². The molecule has 0 saturated heterocycles. The van der Waals surface area contributed by atoms with Crippen molar-refractivity contribution in [3.63, 3.8) is 0 Å². The van der Waals surface area contributed by atoms with Crippen LogP contribution in [-0.4, -0.2) is 12.1 Å². The number of alkyl halides is 1. The van der Waals surface area contributed by atoms with E-state index in [1.54, 1.807) is 0 Å². The first kappa shape index (κ1) is 10.1. The summed E-state index contributed by atoms with van der Waals surface area (Å²) >= 11 is 5.52. The van der Waals surface area contributed by atoms with E-state index >= 15 is 0 Å². The summed E-state index contributed by atoms with van der Waals surface area (Å²) in [6.07, 6.45) is 3.74. The third-order valence-electron chi connectivity index (χ3n) is 1.53. The SMILES string of the molecule is ClCCC/C=N/Nc1ccccc1. The topological polar surface area (TPSA) is 24.4 Å². The number of hydrazone groups is 1. The molecule has 0 fully saturated rings. The first-order valence-electron chi connectivity index (χ1n) is 4.32. The van der Waals surface area contributed by atoms with Gasteiger partial charge in [0.1, 0.15) is 0 Å². The van der Waals surface area contributed by atoms with Crippen LogP contribution >= 0.6 is 11.6 Å². The van der Waals surface area contributed by atoms with Crippen molar-refractivity contribution in [2.75, 3.05) is 11.3 Å². The Morgan fingerprint density at radius 1 is 1.31 bits per heavy atom. The van der Waals surface area contributed by atoms with Gasteiger partial charge in [-0.3, -0.25) is 5.43 Å². The number of hydrogen-bond donors (Lipinski definition) is 1. The third-order valence-corrected chi connectivity index (χ3v) is 1.79. The molecule has 0 aliphatic heterocycles. The van der Waals surface area contributed by atoms with E-state index in [1.165, 1.54) is 0 Å². The Labute approximate surface area is 83.6 Å². The molecule has 2 nitrogen and oxygen atoms in total. The fourth-order valence-electron chi connectivity index (χ4n) is 0.866. The number of rotatable bonds is 5.